The second-order valence-corrected chi connectivity index (χ2v) is 6.94. The molecule has 0 unspecified atom stereocenters. The van der Waals surface area contributed by atoms with E-state index < -0.39 is 0 Å². The topological polar surface area (TPSA) is 38.9 Å². The number of hydrogen-bond donors (Lipinski definition) is 1. The summed E-state index contributed by atoms with van der Waals surface area (Å²) < 4.78 is 4.27. The van der Waals surface area contributed by atoms with Gasteiger partial charge in [0.15, 0.2) is 0 Å². The Labute approximate surface area is 100 Å². The van der Waals surface area contributed by atoms with Crippen molar-refractivity contribution in [2.24, 2.45) is 23.7 Å². The molecule has 4 aliphatic rings. The van der Waals surface area contributed by atoms with E-state index in [1.807, 2.05) is 6.20 Å². The van der Waals surface area contributed by atoms with Crippen LogP contribution in [0, 0.1) is 23.7 Å². The summed E-state index contributed by atoms with van der Waals surface area (Å²) in [4.78, 5) is 1.41. The minimum Gasteiger partial charge on any atom is -0.397 e. The van der Waals surface area contributed by atoms with E-state index in [1.165, 1.54) is 37.0 Å². The minimum absolute atomic E-state index is 0.764. The van der Waals surface area contributed by atoms with Crippen molar-refractivity contribution in [1.82, 2.24) is 4.37 Å². The molecular formula is C13H18N2S. The van der Waals surface area contributed by atoms with E-state index in [2.05, 4.69) is 4.37 Å². The maximum atomic E-state index is 6.07. The third-order valence-corrected chi connectivity index (χ3v) is 6.07. The van der Waals surface area contributed by atoms with Crippen molar-refractivity contribution in [3.05, 3.63) is 11.1 Å². The first-order valence-electron chi connectivity index (χ1n) is 6.51. The third kappa shape index (κ3) is 1.21. The molecular weight excluding hydrogens is 216 g/mol. The van der Waals surface area contributed by atoms with Crippen molar-refractivity contribution in [1.29, 1.82) is 0 Å². The van der Waals surface area contributed by atoms with E-state index >= 15 is 0 Å². The molecule has 0 atom stereocenters. The van der Waals surface area contributed by atoms with Crippen LogP contribution in [0.1, 0.15) is 42.9 Å². The molecule has 4 fully saturated rings. The largest absolute Gasteiger partial charge is 0.397 e. The molecule has 0 saturated heterocycles. The highest BCUT2D eigenvalue weighted by Crippen LogP contribution is 2.60. The molecule has 5 rings (SSSR count). The highest BCUT2D eigenvalue weighted by molar-refractivity contribution is 7.06. The number of anilines is 1. The molecule has 4 aliphatic carbocycles. The maximum absolute atomic E-state index is 6.07. The normalized spacial score (nSPS) is 45.1. The highest BCUT2D eigenvalue weighted by atomic mass is 32.1. The van der Waals surface area contributed by atoms with Gasteiger partial charge in [-0.2, -0.15) is 4.37 Å². The lowest BCUT2D eigenvalue weighted by atomic mass is 9.51. The summed E-state index contributed by atoms with van der Waals surface area (Å²) in [7, 11) is 0. The summed E-state index contributed by atoms with van der Waals surface area (Å²) in [6.07, 6.45) is 9.25. The van der Waals surface area contributed by atoms with Crippen LogP contribution in [0.4, 0.5) is 5.69 Å². The van der Waals surface area contributed by atoms with Crippen LogP contribution in [0.2, 0.25) is 0 Å². The molecule has 3 heteroatoms. The molecule has 0 spiro atoms. The molecule has 4 bridgehead atoms. The summed E-state index contributed by atoms with van der Waals surface area (Å²) in [5, 5.41) is 0. The second-order valence-electron chi connectivity index (χ2n) is 6.10. The first-order valence-corrected chi connectivity index (χ1v) is 7.28. The van der Waals surface area contributed by atoms with Crippen LogP contribution in [0.3, 0.4) is 0 Å². The fourth-order valence-corrected chi connectivity index (χ4v) is 5.81. The van der Waals surface area contributed by atoms with Gasteiger partial charge in [0.1, 0.15) is 0 Å². The lowest BCUT2D eigenvalue weighted by molar-refractivity contribution is -0.00140. The van der Waals surface area contributed by atoms with Crippen LogP contribution in [-0.4, -0.2) is 4.37 Å². The van der Waals surface area contributed by atoms with Crippen molar-refractivity contribution in [2.45, 2.75) is 38.0 Å². The predicted molar refractivity (Wildman–Crippen MR) is 66.3 cm³/mol. The van der Waals surface area contributed by atoms with E-state index in [-0.39, 0.29) is 0 Å². The van der Waals surface area contributed by atoms with Gasteiger partial charge in [-0.3, -0.25) is 0 Å². The average molecular weight is 234 g/mol. The van der Waals surface area contributed by atoms with E-state index in [1.54, 1.807) is 11.5 Å². The summed E-state index contributed by atoms with van der Waals surface area (Å²) >= 11 is 1.65. The van der Waals surface area contributed by atoms with Gasteiger partial charge in [0.05, 0.1) is 16.8 Å². The van der Waals surface area contributed by atoms with Crippen LogP contribution in [0.15, 0.2) is 6.20 Å². The molecule has 4 saturated carbocycles. The Morgan fingerprint density at radius 3 is 2.19 bits per heavy atom. The predicted octanol–water partition coefficient (Wildman–Crippen LogP) is 3.27. The zero-order valence-electron chi connectivity index (χ0n) is 9.43. The van der Waals surface area contributed by atoms with Crippen molar-refractivity contribution in [3.8, 4) is 0 Å². The Balaban J connectivity index is 1.72. The number of rotatable bonds is 1. The average Bonchev–Trinajstić information content (AvgIpc) is 2.63. The number of nitrogen functional groups attached to an aromatic ring is 1. The smallest absolute Gasteiger partial charge is 0.0662 e. The lowest BCUT2D eigenvalue weighted by Gasteiger charge is -2.54. The second kappa shape index (κ2) is 3.22. The Kier molecular flexibility index (Phi) is 1.90. The van der Waals surface area contributed by atoms with Gasteiger partial charge in [0, 0.05) is 5.92 Å². The van der Waals surface area contributed by atoms with Crippen molar-refractivity contribution >= 4 is 17.2 Å². The fourth-order valence-electron chi connectivity index (χ4n) is 4.86. The summed E-state index contributed by atoms with van der Waals surface area (Å²) in [5.41, 5.74) is 7.03. The molecule has 2 N–H and O–H groups in total. The van der Waals surface area contributed by atoms with Gasteiger partial charge in [-0.25, -0.2) is 0 Å². The lowest BCUT2D eigenvalue weighted by Crippen LogP contribution is -2.43. The molecule has 1 heterocycles. The third-order valence-electron chi connectivity index (χ3n) is 5.16. The van der Waals surface area contributed by atoms with Crippen molar-refractivity contribution < 1.29 is 0 Å². The molecule has 16 heavy (non-hydrogen) atoms. The zero-order valence-corrected chi connectivity index (χ0v) is 10.2. The zero-order chi connectivity index (χ0) is 10.7. The minimum atomic E-state index is 0.764. The molecule has 0 aromatic carbocycles. The highest BCUT2D eigenvalue weighted by Gasteiger charge is 2.49. The maximum Gasteiger partial charge on any atom is 0.0662 e. The van der Waals surface area contributed by atoms with Gasteiger partial charge in [0.25, 0.3) is 0 Å². The Bertz CT molecular complexity index is 384. The van der Waals surface area contributed by atoms with E-state index in [9.17, 15) is 0 Å². The number of nitrogens with zero attached hydrogens (tertiary/aromatic N) is 1. The SMILES string of the molecule is Nc1cnsc1C1C2CC3CC(C2)CC1C3. The Morgan fingerprint density at radius 2 is 1.69 bits per heavy atom. The molecule has 86 valence electrons. The molecule has 2 nitrogen and oxygen atoms in total. The first-order chi connectivity index (χ1) is 7.81. The molecule has 1 aromatic heterocycles. The van der Waals surface area contributed by atoms with E-state index in [4.69, 9.17) is 5.73 Å². The Morgan fingerprint density at radius 1 is 1.06 bits per heavy atom. The molecule has 0 amide bonds. The van der Waals surface area contributed by atoms with Crippen LogP contribution in [0.25, 0.3) is 0 Å². The first kappa shape index (κ1) is 9.46. The molecule has 0 aliphatic heterocycles. The van der Waals surface area contributed by atoms with Crippen LogP contribution in [0.5, 0.6) is 0 Å². The molecule has 1 aromatic rings. The summed E-state index contributed by atoms with van der Waals surface area (Å²) in [5.74, 6) is 4.72. The van der Waals surface area contributed by atoms with Crippen LogP contribution < -0.4 is 5.73 Å². The van der Waals surface area contributed by atoms with Crippen molar-refractivity contribution in [3.63, 3.8) is 0 Å². The van der Waals surface area contributed by atoms with Gasteiger partial charge in [-0.15, -0.1) is 0 Å². The van der Waals surface area contributed by atoms with Gasteiger partial charge < -0.3 is 5.73 Å². The van der Waals surface area contributed by atoms with Gasteiger partial charge in [-0.05, 0) is 67.3 Å². The van der Waals surface area contributed by atoms with Crippen molar-refractivity contribution in [2.75, 3.05) is 5.73 Å². The monoisotopic (exact) mass is 234 g/mol. The van der Waals surface area contributed by atoms with E-state index in [0.29, 0.717) is 0 Å². The van der Waals surface area contributed by atoms with Gasteiger partial charge in [-0.1, -0.05) is 0 Å². The number of nitrogens with two attached hydrogens (primary N) is 1. The fraction of sp³-hybridized carbons (Fsp3) is 0.769. The summed E-state index contributed by atoms with van der Waals surface area (Å²) in [6.45, 7) is 0. The van der Waals surface area contributed by atoms with Crippen LogP contribution in [-0.2, 0) is 0 Å². The van der Waals surface area contributed by atoms with E-state index in [0.717, 1.165) is 35.3 Å². The van der Waals surface area contributed by atoms with Gasteiger partial charge >= 0.3 is 0 Å². The number of hydrogen-bond acceptors (Lipinski definition) is 3. The standard InChI is InChI=1S/C13H18N2S/c14-11-6-15-16-13(11)12-9-2-7-1-8(4-9)5-10(12)3-7/h6-10,12H,1-5,14H2. The summed E-state index contributed by atoms with van der Waals surface area (Å²) in [6, 6.07) is 0. The Hall–Kier alpha value is -0.570. The van der Waals surface area contributed by atoms with Gasteiger partial charge in [0.2, 0.25) is 0 Å². The molecule has 0 radical (unpaired) electrons. The number of aromatic nitrogens is 1. The quantitative estimate of drug-likeness (QED) is 0.810. The van der Waals surface area contributed by atoms with Crippen LogP contribution >= 0.6 is 11.5 Å².